The Kier molecular flexibility index (Phi) is 3.11. The van der Waals surface area contributed by atoms with Crippen LogP contribution in [-0.2, 0) is 23.1 Å². The smallest absolute Gasteiger partial charge is 0.217 e. The van der Waals surface area contributed by atoms with Crippen LogP contribution in [0.5, 0.6) is 0 Å². The minimum absolute atomic E-state index is 0.166. The summed E-state index contributed by atoms with van der Waals surface area (Å²) in [5.41, 5.74) is 1.97. The summed E-state index contributed by atoms with van der Waals surface area (Å²) in [6, 6.07) is 3.84. The SMILES string of the molecule is O=S(=O)(C1CCCCC1)N1Cc2cccnc2C1. The molecule has 4 nitrogen and oxygen atoms in total. The molecule has 2 heterocycles. The highest BCUT2D eigenvalue weighted by Crippen LogP contribution is 2.31. The van der Waals surface area contributed by atoms with Crippen molar-refractivity contribution in [1.82, 2.24) is 9.29 Å². The van der Waals surface area contributed by atoms with Crippen LogP contribution in [-0.4, -0.2) is 23.0 Å². The molecule has 0 N–H and O–H groups in total. The highest BCUT2D eigenvalue weighted by molar-refractivity contribution is 7.89. The molecule has 0 atom stereocenters. The lowest BCUT2D eigenvalue weighted by atomic mass is 10.0. The number of hydrogen-bond donors (Lipinski definition) is 0. The molecule has 0 saturated heterocycles. The Balaban J connectivity index is 1.80. The lowest BCUT2D eigenvalue weighted by molar-refractivity contribution is 0.398. The molecule has 0 spiro atoms. The molecule has 0 amide bonds. The van der Waals surface area contributed by atoms with Crippen LogP contribution in [0.3, 0.4) is 0 Å². The first-order valence-electron chi connectivity index (χ1n) is 6.59. The zero-order valence-electron chi connectivity index (χ0n) is 10.4. The van der Waals surface area contributed by atoms with Crippen LogP contribution < -0.4 is 0 Å². The van der Waals surface area contributed by atoms with Gasteiger partial charge in [-0.2, -0.15) is 4.31 Å². The predicted molar refractivity (Wildman–Crippen MR) is 69.3 cm³/mol. The van der Waals surface area contributed by atoms with Crippen molar-refractivity contribution in [3.8, 4) is 0 Å². The van der Waals surface area contributed by atoms with Crippen LogP contribution >= 0.6 is 0 Å². The molecule has 1 aromatic heterocycles. The molecule has 1 aliphatic heterocycles. The summed E-state index contributed by atoms with van der Waals surface area (Å²) in [6.07, 6.45) is 6.64. The second kappa shape index (κ2) is 4.63. The fourth-order valence-electron chi connectivity index (χ4n) is 2.92. The van der Waals surface area contributed by atoms with E-state index in [0.29, 0.717) is 13.1 Å². The van der Waals surface area contributed by atoms with Crippen LogP contribution in [0.4, 0.5) is 0 Å². The third kappa shape index (κ3) is 2.06. The van der Waals surface area contributed by atoms with Gasteiger partial charge >= 0.3 is 0 Å². The fourth-order valence-corrected chi connectivity index (χ4v) is 4.90. The van der Waals surface area contributed by atoms with E-state index in [0.717, 1.165) is 36.9 Å². The summed E-state index contributed by atoms with van der Waals surface area (Å²) >= 11 is 0. The van der Waals surface area contributed by atoms with E-state index in [4.69, 9.17) is 0 Å². The second-order valence-corrected chi connectivity index (χ2v) is 7.40. The molecule has 3 rings (SSSR count). The average Bonchev–Trinajstić information content (AvgIpc) is 2.84. The molecule has 1 fully saturated rings. The maximum Gasteiger partial charge on any atom is 0.217 e. The summed E-state index contributed by atoms with van der Waals surface area (Å²) in [5, 5.41) is -0.166. The summed E-state index contributed by atoms with van der Waals surface area (Å²) in [7, 11) is -3.14. The van der Waals surface area contributed by atoms with Gasteiger partial charge in [-0.15, -0.1) is 0 Å². The molecule has 1 aromatic rings. The number of hydrogen-bond acceptors (Lipinski definition) is 3. The van der Waals surface area contributed by atoms with E-state index in [1.54, 1.807) is 10.5 Å². The monoisotopic (exact) mass is 266 g/mol. The summed E-state index contributed by atoms with van der Waals surface area (Å²) in [6.45, 7) is 0.955. The molecule has 0 bridgehead atoms. The van der Waals surface area contributed by atoms with Crippen LogP contribution in [0.15, 0.2) is 18.3 Å². The maximum atomic E-state index is 12.6. The minimum Gasteiger partial charge on any atom is -0.260 e. The molecule has 5 heteroatoms. The van der Waals surface area contributed by atoms with Gasteiger partial charge in [0.05, 0.1) is 17.5 Å². The third-order valence-electron chi connectivity index (χ3n) is 3.99. The summed E-state index contributed by atoms with van der Waals surface area (Å²) in [5.74, 6) is 0. The molecule has 0 aromatic carbocycles. The van der Waals surface area contributed by atoms with Gasteiger partial charge in [0.15, 0.2) is 0 Å². The topological polar surface area (TPSA) is 50.3 Å². The van der Waals surface area contributed by atoms with Crippen molar-refractivity contribution in [2.45, 2.75) is 50.4 Å². The molecular weight excluding hydrogens is 248 g/mol. The van der Waals surface area contributed by atoms with Gasteiger partial charge < -0.3 is 0 Å². The van der Waals surface area contributed by atoms with E-state index in [1.807, 2.05) is 12.1 Å². The first-order chi connectivity index (χ1) is 8.68. The number of sulfonamides is 1. The number of rotatable bonds is 2. The highest BCUT2D eigenvalue weighted by atomic mass is 32.2. The van der Waals surface area contributed by atoms with Crippen LogP contribution in [0.1, 0.15) is 43.4 Å². The second-order valence-electron chi connectivity index (χ2n) is 5.18. The standard InChI is InChI=1S/C13H18N2O2S/c16-18(17,12-6-2-1-3-7-12)15-9-11-5-4-8-14-13(11)10-15/h4-5,8,12H,1-3,6-7,9-10H2. The van der Waals surface area contributed by atoms with Gasteiger partial charge in [-0.25, -0.2) is 8.42 Å². The van der Waals surface area contributed by atoms with E-state index in [9.17, 15) is 8.42 Å². The molecule has 0 radical (unpaired) electrons. The largest absolute Gasteiger partial charge is 0.260 e. The molecule has 2 aliphatic rings. The van der Waals surface area contributed by atoms with E-state index >= 15 is 0 Å². The van der Waals surface area contributed by atoms with Crippen molar-refractivity contribution >= 4 is 10.0 Å². The first kappa shape index (κ1) is 12.1. The molecular formula is C13H18N2O2S. The van der Waals surface area contributed by atoms with Crippen molar-refractivity contribution in [3.63, 3.8) is 0 Å². The lowest BCUT2D eigenvalue weighted by Crippen LogP contribution is -2.36. The van der Waals surface area contributed by atoms with Crippen LogP contribution in [0.25, 0.3) is 0 Å². The Hall–Kier alpha value is -0.940. The van der Waals surface area contributed by atoms with Gasteiger partial charge in [-0.1, -0.05) is 25.3 Å². The fraction of sp³-hybridized carbons (Fsp3) is 0.615. The quantitative estimate of drug-likeness (QED) is 0.823. The van der Waals surface area contributed by atoms with Gasteiger partial charge in [-0.3, -0.25) is 4.98 Å². The van der Waals surface area contributed by atoms with Crippen LogP contribution in [0, 0.1) is 0 Å². The highest BCUT2D eigenvalue weighted by Gasteiger charge is 2.36. The Bertz CT molecular complexity index is 511. The van der Waals surface area contributed by atoms with Gasteiger partial charge in [0.1, 0.15) is 0 Å². The van der Waals surface area contributed by atoms with Gasteiger partial charge in [0.25, 0.3) is 0 Å². The van der Waals surface area contributed by atoms with Gasteiger partial charge in [0, 0.05) is 12.7 Å². The van der Waals surface area contributed by atoms with E-state index in [2.05, 4.69) is 4.98 Å². The van der Waals surface area contributed by atoms with E-state index in [-0.39, 0.29) is 5.25 Å². The molecule has 1 aliphatic carbocycles. The minimum atomic E-state index is -3.14. The third-order valence-corrected chi connectivity index (χ3v) is 6.28. The molecule has 98 valence electrons. The zero-order chi connectivity index (χ0) is 12.6. The Morgan fingerprint density at radius 2 is 1.94 bits per heavy atom. The van der Waals surface area contributed by atoms with Gasteiger partial charge in [-0.05, 0) is 24.5 Å². The van der Waals surface area contributed by atoms with E-state index < -0.39 is 10.0 Å². The van der Waals surface area contributed by atoms with Crippen LogP contribution in [0.2, 0.25) is 0 Å². The number of nitrogens with zero attached hydrogens (tertiary/aromatic N) is 2. The molecule has 18 heavy (non-hydrogen) atoms. The number of aromatic nitrogens is 1. The van der Waals surface area contributed by atoms with Crippen molar-refractivity contribution in [2.24, 2.45) is 0 Å². The van der Waals surface area contributed by atoms with Crippen molar-refractivity contribution in [3.05, 3.63) is 29.6 Å². The maximum absolute atomic E-state index is 12.6. The average molecular weight is 266 g/mol. The Labute approximate surface area is 108 Å². The first-order valence-corrected chi connectivity index (χ1v) is 8.10. The molecule has 0 unspecified atom stereocenters. The predicted octanol–water partition coefficient (Wildman–Crippen LogP) is 2.06. The number of pyridine rings is 1. The van der Waals surface area contributed by atoms with Crippen molar-refractivity contribution < 1.29 is 8.42 Å². The Morgan fingerprint density at radius 3 is 2.67 bits per heavy atom. The Morgan fingerprint density at radius 1 is 1.17 bits per heavy atom. The van der Waals surface area contributed by atoms with Crippen molar-refractivity contribution in [1.29, 1.82) is 0 Å². The lowest BCUT2D eigenvalue weighted by Gasteiger charge is -2.26. The van der Waals surface area contributed by atoms with E-state index in [1.165, 1.54) is 6.42 Å². The summed E-state index contributed by atoms with van der Waals surface area (Å²) in [4.78, 5) is 4.26. The van der Waals surface area contributed by atoms with Crippen molar-refractivity contribution in [2.75, 3.05) is 0 Å². The molecule has 1 saturated carbocycles. The number of fused-ring (bicyclic) bond motifs is 1. The zero-order valence-corrected chi connectivity index (χ0v) is 11.2. The van der Waals surface area contributed by atoms with Gasteiger partial charge in [0.2, 0.25) is 10.0 Å². The normalized spacial score (nSPS) is 22.0. The summed E-state index contributed by atoms with van der Waals surface area (Å²) < 4.78 is 26.7.